The highest BCUT2D eigenvalue weighted by Gasteiger charge is 2.42. The molecule has 0 spiro atoms. The van der Waals surface area contributed by atoms with Gasteiger partial charge in [0.25, 0.3) is 0 Å². The molecule has 0 saturated heterocycles. The van der Waals surface area contributed by atoms with Crippen LogP contribution in [0.1, 0.15) is 41.9 Å². The standard InChI is InChI=1S/C34H31N2O.BrH/c1-34(2)22-32(37)29-20-26-19-24-10-8-9-11-25(24)21-31(26)36(28-12-6-5-7-13-28)33(29)30(34)18-23-14-16-27(17-15-23)35(3)4;/h5-21H,22H2,1-4H3;1H/q+1;/p-1. The quantitative estimate of drug-likeness (QED) is 0.239. The summed E-state index contributed by atoms with van der Waals surface area (Å²) in [5, 5.41) is 3.43. The van der Waals surface area contributed by atoms with Crippen LogP contribution in [-0.2, 0) is 0 Å². The lowest BCUT2D eigenvalue weighted by molar-refractivity contribution is -0.570. The summed E-state index contributed by atoms with van der Waals surface area (Å²) in [7, 11) is 4.11. The summed E-state index contributed by atoms with van der Waals surface area (Å²) in [6.07, 6.45) is 2.76. The van der Waals surface area contributed by atoms with E-state index in [4.69, 9.17) is 0 Å². The number of hydrogen-bond donors (Lipinski definition) is 0. The Morgan fingerprint density at radius 1 is 0.789 bits per heavy atom. The molecule has 5 aromatic rings. The van der Waals surface area contributed by atoms with Gasteiger partial charge in [0, 0.05) is 60.8 Å². The molecule has 1 aliphatic rings. The molecule has 1 heterocycles. The molecule has 3 nitrogen and oxygen atoms in total. The average molecular weight is 564 g/mol. The van der Waals surface area contributed by atoms with Crippen molar-refractivity contribution in [3.05, 3.63) is 114 Å². The van der Waals surface area contributed by atoms with Gasteiger partial charge in [-0.25, -0.2) is 0 Å². The number of carbonyl (C=O) groups is 1. The SMILES string of the molecule is CN(C)c1ccc(/C=C2\c3c(cc4cc5ccccc5cc4[n+]3-c3ccccc3)C(=O)CC2(C)C)cc1.[Br-]. The average Bonchev–Trinajstić information content (AvgIpc) is 2.89. The van der Waals surface area contributed by atoms with Crippen LogP contribution in [-0.4, -0.2) is 19.9 Å². The molecule has 1 aromatic heterocycles. The van der Waals surface area contributed by atoms with E-state index in [1.54, 1.807) is 0 Å². The molecule has 0 aliphatic heterocycles. The zero-order valence-corrected chi connectivity index (χ0v) is 23.8. The van der Waals surface area contributed by atoms with Gasteiger partial charge < -0.3 is 21.9 Å². The Hall–Kier alpha value is -3.76. The van der Waals surface area contributed by atoms with E-state index in [1.165, 1.54) is 16.3 Å². The fourth-order valence-electron chi connectivity index (χ4n) is 5.55. The number of aromatic nitrogens is 1. The highest BCUT2D eigenvalue weighted by molar-refractivity contribution is 6.09. The molecule has 0 saturated carbocycles. The van der Waals surface area contributed by atoms with Gasteiger partial charge in [-0.15, -0.1) is 0 Å². The molecule has 0 fully saturated rings. The second kappa shape index (κ2) is 9.85. The number of benzene rings is 4. The van der Waals surface area contributed by atoms with Crippen molar-refractivity contribution in [2.45, 2.75) is 20.3 Å². The highest BCUT2D eigenvalue weighted by atomic mass is 79.9. The van der Waals surface area contributed by atoms with Crippen molar-refractivity contribution in [2.24, 2.45) is 5.41 Å². The molecule has 6 rings (SSSR count). The number of pyridine rings is 1. The Kier molecular flexibility index (Phi) is 6.70. The number of carbonyl (C=O) groups excluding carboxylic acids is 1. The van der Waals surface area contributed by atoms with Crippen LogP contribution in [0, 0.1) is 5.41 Å². The van der Waals surface area contributed by atoms with E-state index >= 15 is 0 Å². The summed E-state index contributed by atoms with van der Waals surface area (Å²) < 4.78 is 2.30. The van der Waals surface area contributed by atoms with E-state index in [0.29, 0.717) is 6.42 Å². The molecular formula is C34H31BrN2O. The molecule has 0 atom stereocenters. The maximum atomic E-state index is 13.7. The van der Waals surface area contributed by atoms with Gasteiger partial charge in [-0.1, -0.05) is 68.4 Å². The first-order valence-corrected chi connectivity index (χ1v) is 12.8. The number of anilines is 1. The number of ketones is 1. The number of Topliss-reactive ketones (excluding diaryl/α,β-unsaturated/α-hetero) is 1. The number of allylic oxidation sites excluding steroid dienone is 1. The largest absolute Gasteiger partial charge is 1.00 e. The first-order valence-electron chi connectivity index (χ1n) is 12.8. The minimum atomic E-state index is -0.314. The van der Waals surface area contributed by atoms with Crippen molar-refractivity contribution in [1.29, 1.82) is 0 Å². The van der Waals surface area contributed by atoms with Gasteiger partial charge in [0.15, 0.2) is 5.78 Å². The Morgan fingerprint density at radius 3 is 2.08 bits per heavy atom. The zero-order chi connectivity index (χ0) is 25.7. The van der Waals surface area contributed by atoms with E-state index < -0.39 is 0 Å². The predicted octanol–water partition coefficient (Wildman–Crippen LogP) is 4.49. The van der Waals surface area contributed by atoms with Gasteiger partial charge in [0.05, 0.1) is 5.56 Å². The number of fused-ring (bicyclic) bond motifs is 3. The molecule has 4 heteroatoms. The van der Waals surface area contributed by atoms with Gasteiger partial charge >= 0.3 is 0 Å². The third-order valence-corrected chi connectivity index (χ3v) is 7.54. The molecular weight excluding hydrogens is 532 g/mol. The second-order valence-electron chi connectivity index (χ2n) is 10.9. The van der Waals surface area contributed by atoms with E-state index in [2.05, 4.69) is 134 Å². The topological polar surface area (TPSA) is 24.2 Å². The zero-order valence-electron chi connectivity index (χ0n) is 22.2. The summed E-state index contributed by atoms with van der Waals surface area (Å²) in [5.41, 5.74) is 7.10. The predicted molar refractivity (Wildman–Crippen MR) is 154 cm³/mol. The van der Waals surface area contributed by atoms with Crippen molar-refractivity contribution in [3.63, 3.8) is 0 Å². The fraction of sp³-hybridized carbons (Fsp3) is 0.176. The molecule has 0 radical (unpaired) electrons. The number of para-hydroxylation sites is 1. The minimum Gasteiger partial charge on any atom is -1.00 e. The van der Waals surface area contributed by atoms with Gasteiger partial charge in [0.1, 0.15) is 0 Å². The Labute approximate surface area is 234 Å². The summed E-state index contributed by atoms with van der Waals surface area (Å²) in [6, 6.07) is 34.0. The number of rotatable bonds is 3. The Bertz CT molecular complexity index is 1700. The van der Waals surface area contributed by atoms with E-state index in [9.17, 15) is 4.79 Å². The first kappa shape index (κ1) is 25.9. The molecule has 0 bridgehead atoms. The molecule has 38 heavy (non-hydrogen) atoms. The van der Waals surface area contributed by atoms with Crippen molar-refractivity contribution >= 4 is 44.8 Å². The van der Waals surface area contributed by atoms with Gasteiger partial charge in [-0.2, -0.15) is 4.57 Å². The molecule has 1 aliphatic carbocycles. The van der Waals surface area contributed by atoms with E-state index in [0.717, 1.165) is 39.1 Å². The second-order valence-corrected chi connectivity index (χ2v) is 10.9. The monoisotopic (exact) mass is 562 g/mol. The third-order valence-electron chi connectivity index (χ3n) is 7.54. The molecule has 190 valence electrons. The van der Waals surface area contributed by atoms with Gasteiger partial charge in [-0.05, 0) is 46.7 Å². The molecule has 4 aromatic carbocycles. The summed E-state index contributed by atoms with van der Waals surface area (Å²) in [5.74, 6) is 0.194. The lowest BCUT2D eigenvalue weighted by Crippen LogP contribution is -3.00. The summed E-state index contributed by atoms with van der Waals surface area (Å²) in [6.45, 7) is 4.38. The maximum absolute atomic E-state index is 13.7. The molecule has 0 unspecified atom stereocenters. The normalized spacial score (nSPS) is 15.4. The molecule has 0 amide bonds. The molecule has 0 N–H and O–H groups in total. The first-order chi connectivity index (χ1) is 17.8. The summed E-state index contributed by atoms with van der Waals surface area (Å²) >= 11 is 0. The van der Waals surface area contributed by atoms with Crippen LogP contribution in [0.25, 0.3) is 39.0 Å². The van der Waals surface area contributed by atoms with Crippen LogP contribution >= 0.6 is 0 Å². The van der Waals surface area contributed by atoms with Crippen molar-refractivity contribution in [2.75, 3.05) is 19.0 Å². The van der Waals surface area contributed by atoms with Crippen LogP contribution in [0.5, 0.6) is 0 Å². The van der Waals surface area contributed by atoms with Crippen molar-refractivity contribution in [3.8, 4) is 5.69 Å². The number of halogens is 1. The lowest BCUT2D eigenvalue weighted by atomic mass is 9.70. The Balaban J connectivity index is 0.00000294. The highest BCUT2D eigenvalue weighted by Crippen LogP contribution is 2.45. The lowest BCUT2D eigenvalue weighted by Gasteiger charge is -2.32. The smallest absolute Gasteiger partial charge is 0.226 e. The van der Waals surface area contributed by atoms with Crippen molar-refractivity contribution in [1.82, 2.24) is 0 Å². The van der Waals surface area contributed by atoms with Crippen LogP contribution in [0.4, 0.5) is 5.69 Å². The fourth-order valence-corrected chi connectivity index (χ4v) is 5.55. The Morgan fingerprint density at radius 2 is 1.42 bits per heavy atom. The van der Waals surface area contributed by atoms with Crippen LogP contribution in [0.15, 0.2) is 97.1 Å². The number of nitrogens with zero attached hydrogens (tertiary/aromatic N) is 2. The van der Waals surface area contributed by atoms with Gasteiger partial charge in [0.2, 0.25) is 16.9 Å². The number of hydrogen-bond acceptors (Lipinski definition) is 2. The minimum absolute atomic E-state index is 0. The van der Waals surface area contributed by atoms with Crippen LogP contribution in [0.3, 0.4) is 0 Å². The van der Waals surface area contributed by atoms with Gasteiger partial charge in [-0.3, -0.25) is 4.79 Å². The van der Waals surface area contributed by atoms with E-state index in [-0.39, 0.29) is 28.2 Å². The van der Waals surface area contributed by atoms with Crippen LogP contribution in [0.2, 0.25) is 0 Å². The third kappa shape index (κ3) is 4.43. The maximum Gasteiger partial charge on any atom is 0.226 e. The summed E-state index contributed by atoms with van der Waals surface area (Å²) in [4.78, 5) is 15.8. The van der Waals surface area contributed by atoms with Crippen LogP contribution < -0.4 is 26.4 Å². The van der Waals surface area contributed by atoms with E-state index in [1.807, 2.05) is 6.07 Å². The van der Waals surface area contributed by atoms with Crippen molar-refractivity contribution < 1.29 is 26.3 Å².